The molecule has 0 bridgehead atoms. The number of hydrogen-bond donors (Lipinski definition) is 1. The topological polar surface area (TPSA) is 39.1 Å². The predicted octanol–water partition coefficient (Wildman–Crippen LogP) is 1.75. The van der Waals surface area contributed by atoms with Gasteiger partial charge in [-0.1, -0.05) is 6.92 Å². The van der Waals surface area contributed by atoms with Crippen LogP contribution in [0.25, 0.3) is 0 Å². The van der Waals surface area contributed by atoms with E-state index in [1.165, 1.54) is 32.4 Å². The van der Waals surface area contributed by atoms with Crippen LogP contribution in [0, 0.1) is 17.2 Å². The van der Waals surface area contributed by atoms with Crippen molar-refractivity contribution in [3.63, 3.8) is 0 Å². The van der Waals surface area contributed by atoms with Gasteiger partial charge < -0.3 is 10.2 Å². The van der Waals surface area contributed by atoms with E-state index in [1.807, 2.05) is 7.05 Å². The van der Waals surface area contributed by atoms with Gasteiger partial charge in [0.1, 0.15) is 5.54 Å². The molecule has 0 aromatic carbocycles. The molecule has 1 heterocycles. The molecule has 0 amide bonds. The molecular weight excluding hydrogens is 198 g/mol. The smallest absolute Gasteiger partial charge is 0.108 e. The first kappa shape index (κ1) is 11.9. The molecule has 1 aliphatic heterocycles. The van der Waals surface area contributed by atoms with Gasteiger partial charge in [-0.15, -0.1) is 0 Å². The highest BCUT2D eigenvalue weighted by Gasteiger charge is 2.40. The summed E-state index contributed by atoms with van der Waals surface area (Å²) in [5.41, 5.74) is -0.245. The summed E-state index contributed by atoms with van der Waals surface area (Å²) >= 11 is 0. The van der Waals surface area contributed by atoms with E-state index in [-0.39, 0.29) is 5.54 Å². The second kappa shape index (κ2) is 4.73. The van der Waals surface area contributed by atoms with Gasteiger partial charge in [0.05, 0.1) is 6.07 Å². The van der Waals surface area contributed by atoms with Crippen molar-refractivity contribution in [1.82, 2.24) is 10.2 Å². The summed E-state index contributed by atoms with van der Waals surface area (Å²) in [4.78, 5) is 2.62. The molecule has 16 heavy (non-hydrogen) atoms. The molecule has 3 heteroatoms. The summed E-state index contributed by atoms with van der Waals surface area (Å²) < 4.78 is 0. The minimum Gasteiger partial charge on any atom is -0.302 e. The van der Waals surface area contributed by atoms with Gasteiger partial charge in [-0.2, -0.15) is 5.26 Å². The molecule has 0 aromatic heterocycles. The monoisotopic (exact) mass is 221 g/mol. The lowest BCUT2D eigenvalue weighted by atomic mass is 9.96. The lowest BCUT2D eigenvalue weighted by Crippen LogP contribution is -2.44. The third-order valence-electron chi connectivity index (χ3n) is 4.39. The molecule has 0 aromatic rings. The lowest BCUT2D eigenvalue weighted by molar-refractivity contribution is 0.128. The molecule has 2 rings (SSSR count). The van der Waals surface area contributed by atoms with Crippen LogP contribution in [0.1, 0.15) is 39.0 Å². The van der Waals surface area contributed by atoms with Crippen molar-refractivity contribution in [2.24, 2.45) is 5.92 Å². The molecule has 1 saturated carbocycles. The zero-order valence-electron chi connectivity index (χ0n) is 10.5. The van der Waals surface area contributed by atoms with Gasteiger partial charge in [-0.05, 0) is 51.6 Å². The second-order valence-electron chi connectivity index (χ2n) is 5.58. The van der Waals surface area contributed by atoms with E-state index in [2.05, 4.69) is 23.2 Å². The van der Waals surface area contributed by atoms with Crippen LogP contribution in [0.5, 0.6) is 0 Å². The fraction of sp³-hybridized carbons (Fsp3) is 0.923. The summed E-state index contributed by atoms with van der Waals surface area (Å²) in [6.07, 6.45) is 5.90. The molecule has 1 N–H and O–H groups in total. The third-order valence-corrected chi connectivity index (χ3v) is 4.39. The third kappa shape index (κ3) is 2.23. The highest BCUT2D eigenvalue weighted by molar-refractivity contribution is 5.13. The molecular formula is C13H23N3. The normalized spacial score (nSPS) is 40.8. The minimum absolute atomic E-state index is 0.245. The largest absolute Gasteiger partial charge is 0.302 e. The number of nitriles is 1. The van der Waals surface area contributed by atoms with Crippen molar-refractivity contribution >= 4 is 0 Å². The molecule has 3 atom stereocenters. The zero-order chi connectivity index (χ0) is 11.6. The Hall–Kier alpha value is -0.590. The van der Waals surface area contributed by atoms with Crippen molar-refractivity contribution < 1.29 is 0 Å². The van der Waals surface area contributed by atoms with E-state index in [9.17, 15) is 5.26 Å². The Morgan fingerprint density at radius 1 is 1.44 bits per heavy atom. The maximum absolute atomic E-state index is 9.25. The fourth-order valence-electron chi connectivity index (χ4n) is 3.27. The summed E-state index contributed by atoms with van der Waals surface area (Å²) in [7, 11) is 1.92. The fourth-order valence-corrected chi connectivity index (χ4v) is 3.27. The van der Waals surface area contributed by atoms with Gasteiger partial charge in [0.15, 0.2) is 0 Å². The van der Waals surface area contributed by atoms with Crippen molar-refractivity contribution in [2.45, 2.75) is 50.6 Å². The lowest BCUT2D eigenvalue weighted by Gasteiger charge is -2.36. The Balaban J connectivity index is 1.95. The average Bonchev–Trinajstić information content (AvgIpc) is 2.74. The number of likely N-dealkylation sites (tertiary alicyclic amines) is 1. The number of rotatable bonds is 2. The first-order valence-corrected chi connectivity index (χ1v) is 6.53. The molecule has 3 nitrogen and oxygen atoms in total. The summed E-state index contributed by atoms with van der Waals surface area (Å²) in [5, 5.41) is 12.5. The number of piperidine rings is 1. The van der Waals surface area contributed by atoms with Crippen LogP contribution in [0.15, 0.2) is 0 Å². The van der Waals surface area contributed by atoms with Gasteiger partial charge in [0.2, 0.25) is 0 Å². The van der Waals surface area contributed by atoms with Crippen molar-refractivity contribution in [3.05, 3.63) is 0 Å². The van der Waals surface area contributed by atoms with E-state index in [4.69, 9.17) is 0 Å². The maximum atomic E-state index is 9.25. The van der Waals surface area contributed by atoms with E-state index in [0.717, 1.165) is 18.8 Å². The van der Waals surface area contributed by atoms with Gasteiger partial charge in [-0.25, -0.2) is 0 Å². The molecule has 0 radical (unpaired) electrons. The van der Waals surface area contributed by atoms with Gasteiger partial charge in [0, 0.05) is 12.6 Å². The van der Waals surface area contributed by atoms with Crippen LogP contribution in [-0.4, -0.2) is 36.6 Å². The van der Waals surface area contributed by atoms with Crippen LogP contribution < -0.4 is 5.32 Å². The van der Waals surface area contributed by atoms with Gasteiger partial charge >= 0.3 is 0 Å². The minimum atomic E-state index is -0.245. The highest BCUT2D eigenvalue weighted by Crippen LogP contribution is 2.34. The standard InChI is InChI=1S/C13H23N3/c1-11-4-3-7-16(9-11)12-5-6-13(8-12,10-14)15-2/h11-12,15H,3-9H2,1-2H3. The number of hydrogen-bond acceptors (Lipinski definition) is 3. The summed E-state index contributed by atoms with van der Waals surface area (Å²) in [6, 6.07) is 3.10. The van der Waals surface area contributed by atoms with Crippen molar-refractivity contribution in [1.29, 1.82) is 5.26 Å². The maximum Gasteiger partial charge on any atom is 0.108 e. The van der Waals surface area contributed by atoms with Gasteiger partial charge in [-0.3, -0.25) is 0 Å². The van der Waals surface area contributed by atoms with E-state index in [0.29, 0.717) is 6.04 Å². The Morgan fingerprint density at radius 3 is 2.81 bits per heavy atom. The first-order valence-electron chi connectivity index (χ1n) is 6.53. The molecule has 3 unspecified atom stereocenters. The van der Waals surface area contributed by atoms with Crippen LogP contribution in [0.2, 0.25) is 0 Å². The number of nitrogens with one attached hydrogen (secondary N) is 1. The molecule has 90 valence electrons. The molecule has 2 fully saturated rings. The molecule has 1 aliphatic carbocycles. The molecule has 1 saturated heterocycles. The predicted molar refractivity (Wildman–Crippen MR) is 65.0 cm³/mol. The summed E-state index contributed by atoms with van der Waals surface area (Å²) in [6.45, 7) is 4.81. The summed E-state index contributed by atoms with van der Waals surface area (Å²) in [5.74, 6) is 0.834. The van der Waals surface area contributed by atoms with Crippen molar-refractivity contribution in [3.8, 4) is 6.07 Å². The molecule has 2 aliphatic rings. The second-order valence-corrected chi connectivity index (χ2v) is 5.58. The van der Waals surface area contributed by atoms with Crippen LogP contribution in [-0.2, 0) is 0 Å². The zero-order valence-corrected chi connectivity index (χ0v) is 10.5. The van der Waals surface area contributed by atoms with Crippen molar-refractivity contribution in [2.75, 3.05) is 20.1 Å². The van der Waals surface area contributed by atoms with E-state index >= 15 is 0 Å². The number of nitrogens with zero attached hydrogens (tertiary/aromatic N) is 2. The quantitative estimate of drug-likeness (QED) is 0.772. The first-order chi connectivity index (χ1) is 7.69. The van der Waals surface area contributed by atoms with Gasteiger partial charge in [0.25, 0.3) is 0 Å². The Morgan fingerprint density at radius 2 is 2.25 bits per heavy atom. The SMILES string of the molecule is CNC1(C#N)CCC(N2CCCC(C)C2)C1. The Kier molecular flexibility index (Phi) is 3.51. The Bertz CT molecular complexity index is 283. The van der Waals surface area contributed by atoms with E-state index in [1.54, 1.807) is 0 Å². The Labute approximate surface area is 98.8 Å². The van der Waals surface area contributed by atoms with E-state index < -0.39 is 0 Å². The van der Waals surface area contributed by atoms with Crippen LogP contribution in [0.4, 0.5) is 0 Å². The van der Waals surface area contributed by atoms with Crippen LogP contribution in [0.3, 0.4) is 0 Å². The average molecular weight is 221 g/mol. The highest BCUT2D eigenvalue weighted by atomic mass is 15.2. The van der Waals surface area contributed by atoms with Crippen LogP contribution >= 0.6 is 0 Å². The molecule has 0 spiro atoms.